The summed E-state index contributed by atoms with van der Waals surface area (Å²) in [4.78, 5) is 41.5. The number of nitrogens with one attached hydrogen (secondary N) is 2. The van der Waals surface area contributed by atoms with E-state index in [9.17, 15) is 31.2 Å². The zero-order valence-corrected chi connectivity index (χ0v) is 44.7. The van der Waals surface area contributed by atoms with E-state index in [-0.39, 0.29) is 210 Å². The number of hydrogen-bond acceptors (Lipinski definition) is 15. The Morgan fingerprint density at radius 1 is 0.925 bits per heavy atom. The largest absolute Gasteiger partial charge is 1.00 e. The summed E-state index contributed by atoms with van der Waals surface area (Å²) < 4.78 is 48.7. The molecule has 0 unspecified atom stereocenters. The second-order valence-electron chi connectivity index (χ2n) is 6.68. The van der Waals surface area contributed by atoms with Crippen LogP contribution in [0.4, 0.5) is 0 Å². The number of carbonyl (C=O) groups excluding carboxylic acids is 4. The minimum Gasteiger partial charge on any atom is -1.00 e. The third-order valence-electron chi connectivity index (χ3n) is 3.51. The van der Waals surface area contributed by atoms with Crippen LogP contribution in [-0.2, 0) is 44.1 Å². The van der Waals surface area contributed by atoms with Gasteiger partial charge in [-0.05, 0) is 47.2 Å². The second-order valence-corrected chi connectivity index (χ2v) is 11.7. The molecule has 0 heterocycles. The molecule has 0 saturated carbocycles. The predicted molar refractivity (Wildman–Crippen MR) is 198 cm³/mol. The molecule has 0 spiro atoms. The average molecular weight is 1080 g/mol. The quantitative estimate of drug-likeness (QED) is 0.0357. The van der Waals surface area contributed by atoms with Gasteiger partial charge in [-0.1, -0.05) is 63.6 Å². The molecule has 0 aliphatic carbocycles. The van der Waals surface area contributed by atoms with Gasteiger partial charge in [-0.25, -0.2) is 27.1 Å². The average Bonchev–Trinajstić information content (AvgIpc) is 3.04. The van der Waals surface area contributed by atoms with Gasteiger partial charge in [0.2, 0.25) is 30.6 Å². The Bertz CT molecular complexity index is 1460. The Labute approximate surface area is 451 Å². The van der Waals surface area contributed by atoms with E-state index in [1.54, 1.807) is 19.2 Å². The first kappa shape index (κ1) is 82.3. The number of primary sulfonamides is 2. The Morgan fingerprint density at radius 3 is 1.47 bits per heavy atom. The molecule has 0 saturated heterocycles. The normalized spacial score (nSPS) is 7.89. The standard InChI is InChI=1S/C9H12N2O4S.C6H7NO3S.C3H6BrNO.C2H2Br2O.C2H3N.CH5N.CH2O3.CH4.ClH.2K.Na.H2O.H/c1-11-9(12)6-15-7-4-2-3-5-8(7)16(10,13)14;7-11(9,10)6-4-2-1-3-5(6)8;1-5-3(6)2-4;3-1-2(4)5;1-2-3;1-2;2-1-4-3;;;;;;;/h2-5H,6H2,1H3,(H,11,12)(H2,10,13,14);1-4,8H,(H2,7,9,10);2H2,1H3,(H,5,6);1H2;1H3;2H2,1H3;1,3H;1H4;1H;;;;1H2;/q;;;;;;;;;3*+1;;-1/p-2. The molecule has 0 atom stereocenters. The number of para-hydroxylation sites is 2. The van der Waals surface area contributed by atoms with Crippen molar-refractivity contribution in [1.82, 2.24) is 10.6 Å². The molecule has 0 bridgehead atoms. The van der Waals surface area contributed by atoms with E-state index in [0.29, 0.717) is 10.7 Å². The number of nitrogens with zero attached hydrogens (tertiary/aromatic N) is 1. The van der Waals surface area contributed by atoms with E-state index < -0.39 is 20.0 Å². The second kappa shape index (κ2) is 55.4. The Morgan fingerprint density at radius 2 is 1.25 bits per heavy atom. The van der Waals surface area contributed by atoms with Crippen LogP contribution in [-0.4, -0.2) is 88.8 Å². The molecular formula is C25H43Br3ClK2N6NaO13S2. The van der Waals surface area contributed by atoms with Crippen molar-refractivity contribution in [3.05, 3.63) is 48.5 Å². The molecule has 28 heteroatoms. The zero-order valence-electron chi connectivity index (χ0n) is 30.2. The first-order valence-corrected chi connectivity index (χ1v) is 17.9. The van der Waals surface area contributed by atoms with E-state index in [2.05, 4.69) is 69.0 Å². The molecule has 53 heavy (non-hydrogen) atoms. The van der Waals surface area contributed by atoms with E-state index >= 15 is 0 Å². The summed E-state index contributed by atoms with van der Waals surface area (Å²) in [5, 5.41) is 40.1. The molecule has 0 aliphatic rings. The minimum atomic E-state index is -3.84. The van der Waals surface area contributed by atoms with Gasteiger partial charge in [0.25, 0.3) is 12.4 Å². The maximum Gasteiger partial charge on any atom is 1.00 e. The van der Waals surface area contributed by atoms with Crippen LogP contribution in [0.1, 0.15) is 15.8 Å². The van der Waals surface area contributed by atoms with Crippen molar-refractivity contribution >= 4 is 103 Å². The van der Waals surface area contributed by atoms with E-state index in [0.717, 1.165) is 0 Å². The fourth-order valence-corrected chi connectivity index (χ4v) is 3.37. The number of nitrogens with two attached hydrogens (primary N) is 3. The van der Waals surface area contributed by atoms with Crippen molar-refractivity contribution < 1.29 is 195 Å². The fourth-order valence-electron chi connectivity index (χ4n) is 1.78. The van der Waals surface area contributed by atoms with Crippen LogP contribution >= 0.6 is 60.2 Å². The third-order valence-corrected chi connectivity index (χ3v) is 7.47. The topological polar surface area (TPSA) is 354 Å². The fraction of sp³-hybridized carbons (Fsp3) is 0.320. The van der Waals surface area contributed by atoms with Crippen LogP contribution in [0.15, 0.2) is 58.3 Å². The molecule has 0 fully saturated rings. The van der Waals surface area contributed by atoms with Gasteiger partial charge in [0.1, 0.15) is 21.3 Å². The van der Waals surface area contributed by atoms with Gasteiger partial charge in [0.15, 0.2) is 6.61 Å². The summed E-state index contributed by atoms with van der Waals surface area (Å²) >= 11 is 8.57. The SMILES string of the molecule is C.CC#N.CN.CNC(=O)CBr.CNC(=O)COc1ccccc1S(N)(=O)=O.Cl.NS(=O)(=O)c1ccccc1O.O=C(Br)CBr.O=CO[O-].[H-].[K+].[K+].[Na+].[OH-]. The van der Waals surface area contributed by atoms with Gasteiger partial charge in [0.05, 0.1) is 16.7 Å². The molecule has 0 aromatic heterocycles. The number of halogens is 4. The number of likely N-dealkylation sites (N-methyl/N-ethyl adjacent to an activating group) is 1. The van der Waals surface area contributed by atoms with Gasteiger partial charge in [-0.15, -0.1) is 12.4 Å². The predicted octanol–water partition coefficient (Wildman–Crippen LogP) is -8.53. The molecule has 2 aromatic rings. The van der Waals surface area contributed by atoms with E-state index in [4.69, 9.17) is 35.4 Å². The number of phenolic OH excluding ortho intramolecular Hbond substituents is 1. The summed E-state index contributed by atoms with van der Waals surface area (Å²) in [7, 11) is -3.07. The molecular weight excluding hydrogens is 1030 g/mol. The Kier molecular flexibility index (Phi) is 86.0. The number of nitriles is 1. The Balaban J connectivity index is -0.0000000412. The molecule has 2 rings (SSSR count). The van der Waals surface area contributed by atoms with Crippen molar-refractivity contribution in [1.29, 1.82) is 5.26 Å². The monoisotopic (exact) mass is 1070 g/mol. The van der Waals surface area contributed by atoms with Crippen LogP contribution in [0, 0.1) is 11.3 Å². The number of rotatable bonds is 8. The molecule has 2 aromatic carbocycles. The summed E-state index contributed by atoms with van der Waals surface area (Å²) in [6.45, 7) is 0.989. The summed E-state index contributed by atoms with van der Waals surface area (Å²) in [5.74, 6) is -0.608. The summed E-state index contributed by atoms with van der Waals surface area (Å²) in [5.41, 5.74) is 4.50. The van der Waals surface area contributed by atoms with Crippen molar-refractivity contribution in [3.63, 3.8) is 0 Å². The van der Waals surface area contributed by atoms with E-state index in [1.807, 2.05) is 0 Å². The minimum absolute atomic E-state index is 0. The molecule has 19 nitrogen and oxygen atoms in total. The van der Waals surface area contributed by atoms with Crippen LogP contribution < -0.4 is 169 Å². The Hall–Kier alpha value is 1.31. The van der Waals surface area contributed by atoms with Crippen LogP contribution in [0.2, 0.25) is 0 Å². The number of benzene rings is 2. The number of hydrogen-bond donors (Lipinski definition) is 6. The van der Waals surface area contributed by atoms with Crippen LogP contribution in [0.3, 0.4) is 0 Å². The third kappa shape index (κ3) is 57.7. The molecule has 294 valence electrons. The first-order chi connectivity index (χ1) is 21.9. The number of aromatic hydroxyl groups is 1. The maximum atomic E-state index is 11.2. The van der Waals surface area contributed by atoms with Crippen molar-refractivity contribution in [2.45, 2.75) is 24.1 Å². The van der Waals surface area contributed by atoms with Gasteiger partial charge in [-0.3, -0.25) is 19.2 Å². The van der Waals surface area contributed by atoms with Gasteiger partial charge < -0.3 is 43.3 Å². The summed E-state index contributed by atoms with van der Waals surface area (Å²) in [6, 6.07) is 13.1. The number of phenols is 1. The van der Waals surface area contributed by atoms with Crippen molar-refractivity contribution in [2.24, 2.45) is 16.0 Å². The van der Waals surface area contributed by atoms with Gasteiger partial charge >= 0.3 is 132 Å². The van der Waals surface area contributed by atoms with E-state index in [1.165, 1.54) is 63.5 Å². The molecule has 0 aliphatic heterocycles. The van der Waals surface area contributed by atoms with Crippen molar-refractivity contribution in [2.75, 3.05) is 38.4 Å². The number of amides is 2. The number of sulfonamides is 2. The molecule has 10 N–H and O–H groups in total. The molecule has 0 radical (unpaired) electrons. The number of ether oxygens (including phenoxy) is 1. The van der Waals surface area contributed by atoms with Crippen LogP contribution in [0.5, 0.6) is 11.5 Å². The summed E-state index contributed by atoms with van der Waals surface area (Å²) in [6.07, 6.45) is 0. The molecule has 2 amide bonds. The van der Waals surface area contributed by atoms with Crippen molar-refractivity contribution in [3.8, 4) is 17.6 Å². The van der Waals surface area contributed by atoms with Gasteiger partial charge in [0, 0.05) is 21.0 Å². The smallest absolute Gasteiger partial charge is 1.00 e. The van der Waals surface area contributed by atoms with Gasteiger partial charge in [-0.2, -0.15) is 5.26 Å². The number of alkyl halides is 2. The maximum absolute atomic E-state index is 11.2. The zero-order chi connectivity index (χ0) is 38.1. The number of carbonyl (C=O) groups is 4. The first-order valence-electron chi connectivity index (χ1n) is 11.8. The van der Waals surface area contributed by atoms with Crippen LogP contribution in [0.25, 0.3) is 0 Å².